The summed E-state index contributed by atoms with van der Waals surface area (Å²) in [6, 6.07) is 15.2. The van der Waals surface area contributed by atoms with Gasteiger partial charge >= 0.3 is 0 Å². The van der Waals surface area contributed by atoms with E-state index >= 15 is 0 Å². The van der Waals surface area contributed by atoms with Gasteiger partial charge in [-0.25, -0.2) is 0 Å². The third kappa shape index (κ3) is 2.74. The van der Waals surface area contributed by atoms with Crippen LogP contribution in [0.2, 0.25) is 0 Å². The second kappa shape index (κ2) is 5.71. The minimum absolute atomic E-state index is 0.0765. The summed E-state index contributed by atoms with van der Waals surface area (Å²) in [6.45, 7) is 1.95. The molecule has 0 unspecified atom stereocenters. The van der Waals surface area contributed by atoms with E-state index in [-0.39, 0.29) is 11.9 Å². The minimum Gasteiger partial charge on any atom is -0.344 e. The molecule has 1 amide bonds. The van der Waals surface area contributed by atoms with E-state index in [1.807, 2.05) is 43.3 Å². The van der Waals surface area contributed by atoms with Crippen molar-refractivity contribution in [2.24, 2.45) is 0 Å². The number of fused-ring (bicyclic) bond motifs is 1. The minimum atomic E-state index is -0.190. The van der Waals surface area contributed by atoms with E-state index in [4.69, 9.17) is 0 Å². The molecule has 4 nitrogen and oxygen atoms in total. The molecule has 0 fully saturated rings. The molecule has 104 valence electrons. The molecule has 4 heteroatoms. The average molecular weight is 277 g/mol. The van der Waals surface area contributed by atoms with E-state index in [2.05, 4.69) is 15.3 Å². The third-order valence-electron chi connectivity index (χ3n) is 3.39. The van der Waals surface area contributed by atoms with Gasteiger partial charge in [-0.05, 0) is 30.7 Å². The molecule has 2 aromatic heterocycles. The van der Waals surface area contributed by atoms with Crippen molar-refractivity contribution in [3.8, 4) is 0 Å². The number of rotatable bonds is 3. The van der Waals surface area contributed by atoms with Crippen LogP contribution in [-0.2, 0) is 0 Å². The first-order valence-corrected chi connectivity index (χ1v) is 6.81. The highest BCUT2D eigenvalue weighted by Gasteiger charge is 2.15. The number of nitrogens with one attached hydrogen (secondary N) is 1. The van der Waals surface area contributed by atoms with E-state index in [1.54, 1.807) is 24.5 Å². The monoisotopic (exact) mass is 277 g/mol. The van der Waals surface area contributed by atoms with Crippen LogP contribution in [-0.4, -0.2) is 15.9 Å². The quantitative estimate of drug-likeness (QED) is 0.800. The normalized spacial score (nSPS) is 12.0. The summed E-state index contributed by atoms with van der Waals surface area (Å²) in [6.07, 6.45) is 3.31. The number of hydrogen-bond acceptors (Lipinski definition) is 3. The number of carbonyl (C=O) groups is 1. The number of benzene rings is 1. The Morgan fingerprint density at radius 3 is 2.62 bits per heavy atom. The van der Waals surface area contributed by atoms with Crippen molar-refractivity contribution in [2.75, 3.05) is 0 Å². The SMILES string of the molecule is C[C@H](NC(=O)c1nccc2ncccc12)c1ccccc1. The smallest absolute Gasteiger partial charge is 0.271 e. The van der Waals surface area contributed by atoms with Gasteiger partial charge in [0.2, 0.25) is 0 Å². The molecule has 2 heterocycles. The summed E-state index contributed by atoms with van der Waals surface area (Å²) in [5.41, 5.74) is 2.23. The highest BCUT2D eigenvalue weighted by atomic mass is 16.1. The van der Waals surface area contributed by atoms with Gasteiger partial charge in [-0.2, -0.15) is 0 Å². The lowest BCUT2D eigenvalue weighted by Gasteiger charge is -2.14. The number of hydrogen-bond donors (Lipinski definition) is 1. The Balaban J connectivity index is 1.88. The first kappa shape index (κ1) is 13.2. The molecule has 1 aromatic carbocycles. The molecule has 0 saturated carbocycles. The molecule has 21 heavy (non-hydrogen) atoms. The van der Waals surface area contributed by atoms with Gasteiger partial charge in [0.25, 0.3) is 5.91 Å². The zero-order chi connectivity index (χ0) is 14.7. The summed E-state index contributed by atoms with van der Waals surface area (Å²) in [5, 5.41) is 3.74. The van der Waals surface area contributed by atoms with Gasteiger partial charge in [-0.1, -0.05) is 30.3 Å². The molecule has 0 aliphatic rings. The van der Waals surface area contributed by atoms with Crippen molar-refractivity contribution in [3.63, 3.8) is 0 Å². The molecule has 1 atom stereocenters. The predicted molar refractivity (Wildman–Crippen MR) is 81.9 cm³/mol. The lowest BCUT2D eigenvalue weighted by molar-refractivity contribution is 0.0936. The second-order valence-corrected chi connectivity index (χ2v) is 4.84. The molecule has 0 saturated heterocycles. The molecule has 0 bridgehead atoms. The molecule has 3 rings (SSSR count). The van der Waals surface area contributed by atoms with Crippen LogP contribution in [0.5, 0.6) is 0 Å². The van der Waals surface area contributed by atoms with Crippen molar-refractivity contribution >= 4 is 16.8 Å². The fourth-order valence-electron chi connectivity index (χ4n) is 2.27. The number of amides is 1. The number of nitrogens with zero attached hydrogens (tertiary/aromatic N) is 2. The molecule has 0 spiro atoms. The van der Waals surface area contributed by atoms with Crippen molar-refractivity contribution in [3.05, 3.63) is 72.2 Å². The molecular weight excluding hydrogens is 262 g/mol. The van der Waals surface area contributed by atoms with Crippen LogP contribution < -0.4 is 5.32 Å². The van der Waals surface area contributed by atoms with Crippen LogP contribution in [0.3, 0.4) is 0 Å². The van der Waals surface area contributed by atoms with Gasteiger partial charge in [-0.3, -0.25) is 14.8 Å². The number of aromatic nitrogens is 2. The van der Waals surface area contributed by atoms with Crippen LogP contribution in [0.4, 0.5) is 0 Å². The van der Waals surface area contributed by atoms with Crippen LogP contribution >= 0.6 is 0 Å². The maximum Gasteiger partial charge on any atom is 0.271 e. The molecule has 0 aliphatic heterocycles. The van der Waals surface area contributed by atoms with Gasteiger partial charge in [0, 0.05) is 17.8 Å². The van der Waals surface area contributed by atoms with Crippen molar-refractivity contribution in [1.82, 2.24) is 15.3 Å². The van der Waals surface area contributed by atoms with Crippen molar-refractivity contribution in [2.45, 2.75) is 13.0 Å². The molecule has 3 aromatic rings. The highest BCUT2D eigenvalue weighted by Crippen LogP contribution is 2.16. The summed E-state index contributed by atoms with van der Waals surface area (Å²) in [4.78, 5) is 20.9. The Morgan fingerprint density at radius 1 is 1.00 bits per heavy atom. The Kier molecular flexibility index (Phi) is 3.60. The van der Waals surface area contributed by atoms with E-state index in [0.29, 0.717) is 5.69 Å². The molecular formula is C17H15N3O. The highest BCUT2D eigenvalue weighted by molar-refractivity contribution is 6.04. The zero-order valence-corrected chi connectivity index (χ0v) is 11.7. The summed E-state index contributed by atoms with van der Waals surface area (Å²) >= 11 is 0. The summed E-state index contributed by atoms with van der Waals surface area (Å²) < 4.78 is 0. The maximum atomic E-state index is 12.4. The van der Waals surface area contributed by atoms with Gasteiger partial charge in [0.15, 0.2) is 0 Å². The van der Waals surface area contributed by atoms with Crippen LogP contribution in [0.25, 0.3) is 10.9 Å². The fourth-order valence-corrected chi connectivity index (χ4v) is 2.27. The number of pyridine rings is 2. The zero-order valence-electron chi connectivity index (χ0n) is 11.7. The Hall–Kier alpha value is -2.75. The van der Waals surface area contributed by atoms with Gasteiger partial charge in [0.1, 0.15) is 5.69 Å². The third-order valence-corrected chi connectivity index (χ3v) is 3.39. The second-order valence-electron chi connectivity index (χ2n) is 4.84. The van der Waals surface area contributed by atoms with Gasteiger partial charge < -0.3 is 5.32 Å². The van der Waals surface area contributed by atoms with Gasteiger partial charge in [-0.15, -0.1) is 0 Å². The van der Waals surface area contributed by atoms with Crippen LogP contribution in [0.15, 0.2) is 60.9 Å². The lowest BCUT2D eigenvalue weighted by atomic mass is 10.1. The van der Waals surface area contributed by atoms with E-state index in [0.717, 1.165) is 16.5 Å². The van der Waals surface area contributed by atoms with E-state index < -0.39 is 0 Å². The first-order valence-electron chi connectivity index (χ1n) is 6.81. The molecule has 0 aliphatic carbocycles. The standard InChI is InChI=1S/C17H15N3O/c1-12(13-6-3-2-4-7-13)20-17(21)16-14-8-5-10-18-15(14)9-11-19-16/h2-12H,1H3,(H,20,21)/t12-/m0/s1. The first-order chi connectivity index (χ1) is 10.3. The van der Waals surface area contributed by atoms with Crippen molar-refractivity contribution < 1.29 is 4.79 Å². The topological polar surface area (TPSA) is 54.9 Å². The number of carbonyl (C=O) groups excluding carboxylic acids is 1. The lowest BCUT2D eigenvalue weighted by Crippen LogP contribution is -2.27. The predicted octanol–water partition coefficient (Wildman–Crippen LogP) is 3.12. The molecule has 1 N–H and O–H groups in total. The summed E-state index contributed by atoms with van der Waals surface area (Å²) in [5.74, 6) is -0.190. The largest absolute Gasteiger partial charge is 0.344 e. The molecule has 0 radical (unpaired) electrons. The van der Waals surface area contributed by atoms with E-state index in [1.165, 1.54) is 0 Å². The van der Waals surface area contributed by atoms with Crippen molar-refractivity contribution in [1.29, 1.82) is 0 Å². The average Bonchev–Trinajstić information content (AvgIpc) is 2.55. The van der Waals surface area contributed by atoms with Gasteiger partial charge in [0.05, 0.1) is 11.6 Å². The summed E-state index contributed by atoms with van der Waals surface area (Å²) in [7, 11) is 0. The Morgan fingerprint density at radius 2 is 1.81 bits per heavy atom. The maximum absolute atomic E-state index is 12.4. The Bertz CT molecular complexity index is 766. The Labute approximate surface area is 122 Å². The van der Waals surface area contributed by atoms with Crippen LogP contribution in [0.1, 0.15) is 29.0 Å². The van der Waals surface area contributed by atoms with Crippen LogP contribution in [0, 0.1) is 0 Å². The van der Waals surface area contributed by atoms with E-state index in [9.17, 15) is 4.79 Å². The fraction of sp³-hybridized carbons (Fsp3) is 0.118.